The van der Waals surface area contributed by atoms with E-state index in [9.17, 15) is 4.79 Å². The van der Waals surface area contributed by atoms with Gasteiger partial charge in [0, 0.05) is 47.1 Å². The number of amides is 1. The summed E-state index contributed by atoms with van der Waals surface area (Å²) in [4.78, 5) is 22.9. The molecule has 1 aliphatic rings. The predicted octanol–water partition coefficient (Wildman–Crippen LogP) is 3.72. The number of nitrogens with one attached hydrogen (secondary N) is 1. The number of fused-ring (bicyclic) bond motifs is 1. The molecule has 3 heterocycles. The topological polar surface area (TPSA) is 58.1 Å². The zero-order valence-electron chi connectivity index (χ0n) is 13.5. The minimum Gasteiger partial charge on any atom is -0.380 e. The Morgan fingerprint density at radius 1 is 1.16 bits per heavy atom. The van der Waals surface area contributed by atoms with E-state index in [-0.39, 0.29) is 11.9 Å². The van der Waals surface area contributed by atoms with Crippen molar-refractivity contribution >= 4 is 38.4 Å². The van der Waals surface area contributed by atoms with Crippen molar-refractivity contribution in [2.24, 2.45) is 0 Å². The van der Waals surface area contributed by atoms with E-state index in [1.165, 1.54) is 0 Å². The molecular formula is C19H17BrN4O. The molecule has 1 amide bonds. The highest BCUT2D eigenvalue weighted by atomic mass is 79.9. The standard InChI is InChI=1S/C19H17BrN4O/c20-13-4-5-16-15(11-13)17(6-9-22-16)23-14-7-10-24(12-14)19(25)18-3-1-2-8-21-18/h1-6,8-9,11,14H,7,10,12H2,(H,22,23). The summed E-state index contributed by atoms with van der Waals surface area (Å²) in [5.41, 5.74) is 2.50. The fourth-order valence-electron chi connectivity index (χ4n) is 3.18. The van der Waals surface area contributed by atoms with E-state index in [4.69, 9.17) is 0 Å². The molecule has 1 fully saturated rings. The Balaban J connectivity index is 1.50. The summed E-state index contributed by atoms with van der Waals surface area (Å²) in [7, 11) is 0. The molecule has 1 saturated heterocycles. The van der Waals surface area contributed by atoms with Crippen molar-refractivity contribution in [2.75, 3.05) is 18.4 Å². The van der Waals surface area contributed by atoms with E-state index in [0.29, 0.717) is 12.2 Å². The van der Waals surface area contributed by atoms with Crippen molar-refractivity contribution in [3.8, 4) is 0 Å². The zero-order valence-corrected chi connectivity index (χ0v) is 15.1. The van der Waals surface area contributed by atoms with Gasteiger partial charge in [-0.1, -0.05) is 22.0 Å². The summed E-state index contributed by atoms with van der Waals surface area (Å²) in [6.07, 6.45) is 4.38. The molecule has 2 aromatic heterocycles. The quantitative estimate of drug-likeness (QED) is 0.732. The zero-order chi connectivity index (χ0) is 17.2. The maximum absolute atomic E-state index is 12.5. The molecule has 1 atom stereocenters. The summed E-state index contributed by atoms with van der Waals surface area (Å²) in [5.74, 6) is -0.00719. The van der Waals surface area contributed by atoms with Crippen LogP contribution in [0.2, 0.25) is 0 Å². The van der Waals surface area contributed by atoms with Crippen LogP contribution < -0.4 is 5.32 Å². The van der Waals surface area contributed by atoms with Crippen LogP contribution >= 0.6 is 15.9 Å². The van der Waals surface area contributed by atoms with Crippen LogP contribution in [-0.2, 0) is 0 Å². The van der Waals surface area contributed by atoms with Crippen LogP contribution in [-0.4, -0.2) is 39.9 Å². The monoisotopic (exact) mass is 396 g/mol. The first-order valence-electron chi connectivity index (χ1n) is 8.22. The Bertz CT molecular complexity index is 916. The Morgan fingerprint density at radius 2 is 2.08 bits per heavy atom. The first-order chi connectivity index (χ1) is 12.2. The van der Waals surface area contributed by atoms with Crippen molar-refractivity contribution in [2.45, 2.75) is 12.5 Å². The second-order valence-electron chi connectivity index (χ2n) is 6.12. The molecule has 1 unspecified atom stereocenters. The van der Waals surface area contributed by atoms with E-state index >= 15 is 0 Å². The highest BCUT2D eigenvalue weighted by molar-refractivity contribution is 9.10. The molecule has 1 aliphatic heterocycles. The number of carbonyl (C=O) groups excluding carboxylic acids is 1. The Morgan fingerprint density at radius 3 is 2.92 bits per heavy atom. The van der Waals surface area contributed by atoms with Gasteiger partial charge in [0.1, 0.15) is 5.69 Å². The van der Waals surface area contributed by atoms with Gasteiger partial charge in [0.05, 0.1) is 5.52 Å². The molecule has 3 aromatic rings. The molecule has 0 saturated carbocycles. The van der Waals surface area contributed by atoms with Gasteiger partial charge in [0.2, 0.25) is 0 Å². The van der Waals surface area contributed by atoms with Crippen LogP contribution in [0.25, 0.3) is 10.9 Å². The smallest absolute Gasteiger partial charge is 0.272 e. The minimum absolute atomic E-state index is 0.00719. The average molecular weight is 397 g/mol. The van der Waals surface area contributed by atoms with Gasteiger partial charge < -0.3 is 10.2 Å². The van der Waals surface area contributed by atoms with Crippen LogP contribution in [0.1, 0.15) is 16.9 Å². The summed E-state index contributed by atoms with van der Waals surface area (Å²) in [5, 5.41) is 4.65. The normalized spacial score (nSPS) is 17.0. The van der Waals surface area contributed by atoms with Gasteiger partial charge in [-0.3, -0.25) is 14.8 Å². The molecule has 1 aromatic carbocycles. The fourth-order valence-corrected chi connectivity index (χ4v) is 3.54. The molecule has 5 nitrogen and oxygen atoms in total. The van der Waals surface area contributed by atoms with Gasteiger partial charge >= 0.3 is 0 Å². The number of carbonyl (C=O) groups is 1. The van der Waals surface area contributed by atoms with Crippen molar-refractivity contribution in [3.05, 3.63) is 65.0 Å². The van der Waals surface area contributed by atoms with E-state index in [0.717, 1.165) is 34.0 Å². The van der Waals surface area contributed by atoms with Crippen molar-refractivity contribution in [1.29, 1.82) is 0 Å². The van der Waals surface area contributed by atoms with Gasteiger partial charge in [-0.2, -0.15) is 0 Å². The molecule has 0 radical (unpaired) electrons. The summed E-state index contributed by atoms with van der Waals surface area (Å²) in [6, 6.07) is 13.7. The molecule has 126 valence electrons. The van der Waals surface area contributed by atoms with Gasteiger partial charge in [-0.25, -0.2) is 0 Å². The average Bonchev–Trinajstić information content (AvgIpc) is 3.11. The lowest BCUT2D eigenvalue weighted by molar-refractivity contribution is 0.0786. The third-order valence-electron chi connectivity index (χ3n) is 4.42. The highest BCUT2D eigenvalue weighted by Gasteiger charge is 2.27. The molecular weight excluding hydrogens is 380 g/mol. The number of hydrogen-bond acceptors (Lipinski definition) is 4. The van der Waals surface area contributed by atoms with Crippen LogP contribution in [0.3, 0.4) is 0 Å². The lowest BCUT2D eigenvalue weighted by atomic mass is 10.1. The number of nitrogens with zero attached hydrogens (tertiary/aromatic N) is 3. The van der Waals surface area contributed by atoms with Gasteiger partial charge in [0.15, 0.2) is 0 Å². The number of pyridine rings is 2. The van der Waals surface area contributed by atoms with Crippen LogP contribution in [0.4, 0.5) is 5.69 Å². The number of benzene rings is 1. The second kappa shape index (κ2) is 6.80. The Hall–Kier alpha value is -2.47. The number of halogens is 1. The van der Waals surface area contributed by atoms with E-state index in [1.807, 2.05) is 41.4 Å². The summed E-state index contributed by atoms with van der Waals surface area (Å²) in [6.45, 7) is 1.41. The Kier molecular flexibility index (Phi) is 4.36. The molecule has 4 rings (SSSR count). The van der Waals surface area contributed by atoms with Gasteiger partial charge in [0.25, 0.3) is 5.91 Å². The summed E-state index contributed by atoms with van der Waals surface area (Å²) >= 11 is 3.52. The molecule has 6 heteroatoms. The highest BCUT2D eigenvalue weighted by Crippen LogP contribution is 2.27. The fraction of sp³-hybridized carbons (Fsp3) is 0.211. The predicted molar refractivity (Wildman–Crippen MR) is 102 cm³/mol. The van der Waals surface area contributed by atoms with E-state index in [1.54, 1.807) is 12.3 Å². The number of likely N-dealkylation sites (tertiary alicyclic amines) is 1. The van der Waals surface area contributed by atoms with E-state index in [2.05, 4.69) is 37.3 Å². The van der Waals surface area contributed by atoms with Crippen molar-refractivity contribution < 1.29 is 4.79 Å². The SMILES string of the molecule is O=C(c1ccccn1)N1CCC(Nc2ccnc3ccc(Br)cc23)C1. The molecule has 0 spiro atoms. The largest absolute Gasteiger partial charge is 0.380 e. The molecule has 0 aliphatic carbocycles. The third-order valence-corrected chi connectivity index (χ3v) is 4.92. The number of rotatable bonds is 3. The van der Waals surface area contributed by atoms with Crippen LogP contribution in [0.15, 0.2) is 59.3 Å². The van der Waals surface area contributed by atoms with Gasteiger partial charge in [-0.05, 0) is 42.8 Å². The third kappa shape index (κ3) is 3.35. The lowest BCUT2D eigenvalue weighted by Crippen LogP contribution is -2.32. The van der Waals surface area contributed by atoms with Crippen molar-refractivity contribution in [1.82, 2.24) is 14.9 Å². The minimum atomic E-state index is -0.00719. The van der Waals surface area contributed by atoms with Crippen LogP contribution in [0, 0.1) is 0 Å². The first kappa shape index (κ1) is 16.0. The lowest BCUT2D eigenvalue weighted by Gasteiger charge is -2.18. The van der Waals surface area contributed by atoms with E-state index < -0.39 is 0 Å². The second-order valence-corrected chi connectivity index (χ2v) is 7.03. The number of anilines is 1. The summed E-state index contributed by atoms with van der Waals surface area (Å²) < 4.78 is 1.02. The Labute approximate surface area is 154 Å². The first-order valence-corrected chi connectivity index (χ1v) is 9.01. The van der Waals surface area contributed by atoms with Gasteiger partial charge in [-0.15, -0.1) is 0 Å². The molecule has 25 heavy (non-hydrogen) atoms. The van der Waals surface area contributed by atoms with Crippen LogP contribution in [0.5, 0.6) is 0 Å². The molecule has 1 N–H and O–H groups in total. The maximum atomic E-state index is 12.5. The molecule has 0 bridgehead atoms. The maximum Gasteiger partial charge on any atom is 0.272 e. The van der Waals surface area contributed by atoms with Crippen molar-refractivity contribution in [3.63, 3.8) is 0 Å². The number of aromatic nitrogens is 2. The number of hydrogen-bond donors (Lipinski definition) is 1.